The summed E-state index contributed by atoms with van der Waals surface area (Å²) in [7, 11) is -8.16. The van der Waals surface area contributed by atoms with Crippen molar-refractivity contribution < 1.29 is 36.6 Å². The number of phosphoric acid groups is 1. The van der Waals surface area contributed by atoms with E-state index < -0.39 is 27.6 Å². The van der Waals surface area contributed by atoms with E-state index in [2.05, 4.69) is 5.16 Å². The van der Waals surface area contributed by atoms with E-state index >= 15 is 0 Å². The van der Waals surface area contributed by atoms with Gasteiger partial charge in [-0.15, -0.1) is 0 Å². The number of carbonyl (C=O) groups is 1. The van der Waals surface area contributed by atoms with Gasteiger partial charge in [-0.3, -0.25) is 23.1 Å². The number of rotatable bonds is 11. The van der Waals surface area contributed by atoms with Crippen LogP contribution in [0.1, 0.15) is 47.0 Å². The molecule has 0 aromatic carbocycles. The van der Waals surface area contributed by atoms with Crippen LogP contribution < -0.4 is 5.73 Å². The van der Waals surface area contributed by atoms with Crippen molar-refractivity contribution in [2.75, 3.05) is 26.4 Å². The Morgan fingerprint density at radius 1 is 1.19 bits per heavy atom. The third-order valence-electron chi connectivity index (χ3n) is 3.45. The molecule has 2 N–H and O–H groups in total. The van der Waals surface area contributed by atoms with E-state index in [1.165, 1.54) is 11.6 Å². The van der Waals surface area contributed by atoms with Crippen molar-refractivity contribution in [3.05, 3.63) is 0 Å². The lowest BCUT2D eigenvalue weighted by Gasteiger charge is -2.28. The minimum atomic E-state index is -4.16. The van der Waals surface area contributed by atoms with Gasteiger partial charge >= 0.3 is 21.5 Å². The van der Waals surface area contributed by atoms with Crippen LogP contribution in [0.15, 0.2) is 5.16 Å². The third-order valence-corrected chi connectivity index (χ3v) is 7.60. The number of nitrogens with zero attached hydrogens (tertiary/aromatic N) is 2. The summed E-state index contributed by atoms with van der Waals surface area (Å²) in [5.41, 5.74) is 5.76. The topological polar surface area (TPSA) is 139 Å². The summed E-state index contributed by atoms with van der Waals surface area (Å²) in [5.74, 6) is -0.279. The van der Waals surface area contributed by atoms with Crippen molar-refractivity contribution in [2.45, 2.75) is 53.0 Å². The van der Waals surface area contributed by atoms with Crippen LogP contribution in [0.5, 0.6) is 0 Å². The van der Waals surface area contributed by atoms with Crippen LogP contribution in [-0.4, -0.2) is 48.9 Å². The molecule has 1 aliphatic heterocycles. The van der Waals surface area contributed by atoms with Gasteiger partial charge in [0.15, 0.2) is 5.84 Å². The first-order valence-electron chi connectivity index (χ1n) is 8.85. The molecule has 0 spiro atoms. The Morgan fingerprint density at radius 2 is 1.85 bits per heavy atom. The molecular weight excluding hydrogens is 400 g/mol. The Kier molecular flexibility index (Phi) is 9.94. The van der Waals surface area contributed by atoms with Gasteiger partial charge < -0.3 is 10.5 Å². The number of carbonyl (C=O) groups excluding carboxylic acids is 1. The molecule has 0 saturated carbocycles. The lowest BCUT2D eigenvalue weighted by molar-refractivity contribution is -0.144. The Hall–Kier alpha value is -0.960. The van der Waals surface area contributed by atoms with Crippen LogP contribution in [0.2, 0.25) is 0 Å². The normalized spacial score (nSPS) is 26.7. The summed E-state index contributed by atoms with van der Waals surface area (Å²) < 4.78 is 52.0. The zero-order chi connectivity index (χ0) is 20.5. The minimum Gasteiger partial charge on any atom is -0.465 e. The van der Waals surface area contributed by atoms with Crippen LogP contribution in [0.3, 0.4) is 0 Å². The van der Waals surface area contributed by atoms with Crippen LogP contribution in [0, 0.1) is 0 Å². The summed E-state index contributed by atoms with van der Waals surface area (Å²) >= 11 is 0. The van der Waals surface area contributed by atoms with Crippen LogP contribution in [-0.2, 0) is 36.6 Å². The van der Waals surface area contributed by atoms with Crippen molar-refractivity contribution in [3.63, 3.8) is 0 Å². The molecule has 1 aliphatic rings. The zero-order valence-corrected chi connectivity index (χ0v) is 17.9. The van der Waals surface area contributed by atoms with E-state index in [1.54, 1.807) is 20.8 Å². The van der Waals surface area contributed by atoms with Crippen molar-refractivity contribution in [3.8, 4) is 0 Å². The lowest BCUT2D eigenvalue weighted by atomic mass is 10.1. The monoisotopic (exact) mass is 429 g/mol. The molecule has 0 aliphatic carbocycles. The molecule has 11 nitrogen and oxygen atoms in total. The van der Waals surface area contributed by atoms with Crippen molar-refractivity contribution in [2.24, 2.45) is 10.9 Å². The molecule has 13 heteroatoms. The van der Waals surface area contributed by atoms with Crippen molar-refractivity contribution in [1.82, 2.24) is 4.67 Å². The number of hydrogen-bond donors (Lipinski definition) is 1. The maximum Gasteiger partial charge on any atom is 0.559 e. The maximum absolute atomic E-state index is 13.2. The molecule has 158 valence electrons. The first-order valence-corrected chi connectivity index (χ1v) is 11.8. The Morgan fingerprint density at radius 3 is 2.44 bits per heavy atom. The van der Waals surface area contributed by atoms with E-state index in [4.69, 9.17) is 28.5 Å². The van der Waals surface area contributed by atoms with E-state index in [0.717, 1.165) is 0 Å². The molecular formula is C14H29N3O8P2. The van der Waals surface area contributed by atoms with Gasteiger partial charge in [0.25, 0.3) is 0 Å². The summed E-state index contributed by atoms with van der Waals surface area (Å²) in [5, 5.41) is 3.70. The zero-order valence-electron chi connectivity index (χ0n) is 16.2. The van der Waals surface area contributed by atoms with E-state index in [-0.39, 0.29) is 32.2 Å². The molecule has 2 unspecified atom stereocenters. The average molecular weight is 429 g/mol. The smallest absolute Gasteiger partial charge is 0.465 e. The summed E-state index contributed by atoms with van der Waals surface area (Å²) in [6, 6.07) is -0.722. The van der Waals surface area contributed by atoms with Gasteiger partial charge in [0.1, 0.15) is 6.04 Å². The SMILES string of the molecule is CCOC(=O)[C@H](N)CCCCN1C(C)=NOP(=O)(OCC)OP1(=O)OCC. The second kappa shape index (κ2) is 11.1. The van der Waals surface area contributed by atoms with Crippen molar-refractivity contribution in [1.29, 1.82) is 0 Å². The highest BCUT2D eigenvalue weighted by Gasteiger charge is 2.47. The van der Waals surface area contributed by atoms with Gasteiger partial charge in [0.2, 0.25) is 0 Å². The fraction of sp³-hybridized carbons (Fsp3) is 0.857. The van der Waals surface area contributed by atoms with Gasteiger partial charge in [0, 0.05) is 6.54 Å². The fourth-order valence-electron chi connectivity index (χ4n) is 2.26. The highest BCUT2D eigenvalue weighted by atomic mass is 31.3. The predicted molar refractivity (Wildman–Crippen MR) is 98.9 cm³/mol. The van der Waals surface area contributed by atoms with E-state index in [1.807, 2.05) is 0 Å². The van der Waals surface area contributed by atoms with Gasteiger partial charge in [-0.25, -0.2) is 9.13 Å². The Balaban J connectivity index is 2.77. The summed E-state index contributed by atoms with van der Waals surface area (Å²) in [6.45, 7) is 7.00. The van der Waals surface area contributed by atoms with Crippen LogP contribution in [0.4, 0.5) is 0 Å². The van der Waals surface area contributed by atoms with E-state index in [9.17, 15) is 13.9 Å². The molecule has 0 radical (unpaired) electrons. The molecule has 1 heterocycles. The molecule has 0 saturated heterocycles. The van der Waals surface area contributed by atoms with Gasteiger partial charge in [-0.1, -0.05) is 5.16 Å². The standard InChI is InChI=1S/C14H29N3O8P2/c1-5-21-14(18)13(15)10-8-9-11-17-12(4)16-24-27(20,23-7-3)25-26(17,19)22-6-2/h13H,5-11,15H2,1-4H3/t13-,26?,27?/m1/s1. The number of esters is 1. The fourth-order valence-corrected chi connectivity index (χ4v) is 5.94. The first kappa shape index (κ1) is 24.1. The van der Waals surface area contributed by atoms with Crippen LogP contribution in [0.25, 0.3) is 0 Å². The number of unbranched alkanes of at least 4 members (excludes halogenated alkanes) is 1. The highest BCUT2D eigenvalue weighted by Crippen LogP contribution is 2.68. The Bertz CT molecular complexity index is 615. The molecule has 0 amide bonds. The average Bonchev–Trinajstić information content (AvgIpc) is 2.68. The largest absolute Gasteiger partial charge is 0.559 e. The molecule has 0 bridgehead atoms. The number of amidine groups is 1. The Labute approximate surface area is 159 Å². The maximum atomic E-state index is 13.2. The molecule has 0 aromatic heterocycles. The second-order valence-corrected chi connectivity index (χ2v) is 9.18. The highest BCUT2D eigenvalue weighted by molar-refractivity contribution is 7.64. The summed E-state index contributed by atoms with van der Waals surface area (Å²) in [4.78, 5) is 11.5. The predicted octanol–water partition coefficient (Wildman–Crippen LogP) is 3.02. The van der Waals surface area contributed by atoms with Crippen molar-refractivity contribution >= 4 is 27.4 Å². The minimum absolute atomic E-state index is 0.0176. The lowest BCUT2D eigenvalue weighted by Crippen LogP contribution is -2.32. The van der Waals surface area contributed by atoms with Crippen LogP contribution >= 0.6 is 15.6 Å². The van der Waals surface area contributed by atoms with Gasteiger partial charge in [0.05, 0.1) is 19.8 Å². The van der Waals surface area contributed by atoms with Gasteiger partial charge in [-0.2, -0.15) is 4.31 Å². The number of oxime groups is 1. The number of ether oxygens (including phenoxy) is 1. The first-order chi connectivity index (χ1) is 12.7. The summed E-state index contributed by atoms with van der Waals surface area (Å²) in [6.07, 6.45) is 1.45. The molecule has 0 aromatic rings. The number of hydrogen-bond acceptors (Lipinski definition) is 10. The third kappa shape index (κ3) is 7.18. The molecule has 0 fully saturated rings. The van der Waals surface area contributed by atoms with E-state index in [0.29, 0.717) is 19.3 Å². The number of nitrogens with two attached hydrogens (primary N) is 1. The quantitative estimate of drug-likeness (QED) is 0.296. The molecule has 1 rings (SSSR count). The molecule has 3 atom stereocenters. The molecule has 27 heavy (non-hydrogen) atoms. The second-order valence-electron chi connectivity index (χ2n) is 5.53. The van der Waals surface area contributed by atoms with Gasteiger partial charge in [-0.05, 0) is 47.0 Å².